The molecule has 0 bridgehead atoms. The zero-order chi connectivity index (χ0) is 13.9. The van der Waals surface area contributed by atoms with Crippen molar-refractivity contribution < 1.29 is 5.11 Å². The highest BCUT2D eigenvalue weighted by molar-refractivity contribution is 7.99. The SMILES string of the molecule is CCCNc1ncnc(NCCSCCCO)c1C. The zero-order valence-electron chi connectivity index (χ0n) is 11.8. The molecule has 3 N–H and O–H groups in total. The van der Waals surface area contributed by atoms with E-state index in [0.717, 1.165) is 54.6 Å². The number of nitrogens with one attached hydrogen (secondary N) is 2. The molecule has 1 heterocycles. The monoisotopic (exact) mass is 284 g/mol. The van der Waals surface area contributed by atoms with Crippen LogP contribution in [0, 0.1) is 6.92 Å². The lowest BCUT2D eigenvalue weighted by atomic mass is 10.3. The highest BCUT2D eigenvalue weighted by Crippen LogP contribution is 2.18. The van der Waals surface area contributed by atoms with Gasteiger partial charge in [-0.2, -0.15) is 11.8 Å². The number of aliphatic hydroxyl groups excluding tert-OH is 1. The van der Waals surface area contributed by atoms with Gasteiger partial charge in [-0.1, -0.05) is 6.92 Å². The molecule has 0 unspecified atom stereocenters. The summed E-state index contributed by atoms with van der Waals surface area (Å²) in [4.78, 5) is 8.52. The van der Waals surface area contributed by atoms with Crippen molar-refractivity contribution in [2.45, 2.75) is 26.7 Å². The smallest absolute Gasteiger partial charge is 0.134 e. The molecule has 0 spiro atoms. The van der Waals surface area contributed by atoms with Gasteiger partial charge in [-0.05, 0) is 25.5 Å². The van der Waals surface area contributed by atoms with Gasteiger partial charge in [0, 0.05) is 31.0 Å². The maximum absolute atomic E-state index is 8.69. The Balaban J connectivity index is 2.36. The van der Waals surface area contributed by atoms with Gasteiger partial charge in [-0.25, -0.2) is 9.97 Å². The van der Waals surface area contributed by atoms with E-state index in [2.05, 4.69) is 27.5 Å². The van der Waals surface area contributed by atoms with Crippen molar-refractivity contribution in [1.82, 2.24) is 9.97 Å². The largest absolute Gasteiger partial charge is 0.396 e. The topological polar surface area (TPSA) is 70.1 Å². The minimum absolute atomic E-state index is 0.276. The normalized spacial score (nSPS) is 10.5. The Kier molecular flexibility index (Phi) is 8.33. The molecule has 5 nitrogen and oxygen atoms in total. The van der Waals surface area contributed by atoms with Crippen LogP contribution in [-0.2, 0) is 0 Å². The fourth-order valence-corrected chi connectivity index (χ4v) is 2.34. The van der Waals surface area contributed by atoms with Crippen LogP contribution < -0.4 is 10.6 Å². The van der Waals surface area contributed by atoms with Gasteiger partial charge in [0.1, 0.15) is 18.0 Å². The van der Waals surface area contributed by atoms with E-state index >= 15 is 0 Å². The van der Waals surface area contributed by atoms with Crippen LogP contribution in [0.3, 0.4) is 0 Å². The fraction of sp³-hybridized carbons (Fsp3) is 0.692. The summed E-state index contributed by atoms with van der Waals surface area (Å²) < 4.78 is 0. The third-order valence-electron chi connectivity index (χ3n) is 2.61. The standard InChI is InChI=1S/C13H24N4OS/c1-3-5-14-12-11(2)13(17-10-16-12)15-6-9-19-8-4-7-18/h10,18H,3-9H2,1-2H3,(H2,14,15,16,17). The first-order chi connectivity index (χ1) is 9.29. The van der Waals surface area contributed by atoms with Gasteiger partial charge in [0.05, 0.1) is 0 Å². The molecule has 0 aliphatic carbocycles. The molecule has 0 aromatic carbocycles. The summed E-state index contributed by atoms with van der Waals surface area (Å²) in [7, 11) is 0. The van der Waals surface area contributed by atoms with Crippen LogP contribution in [-0.4, -0.2) is 46.3 Å². The Labute approximate surface area is 119 Å². The van der Waals surface area contributed by atoms with Gasteiger partial charge in [0.15, 0.2) is 0 Å². The zero-order valence-corrected chi connectivity index (χ0v) is 12.6. The fourth-order valence-electron chi connectivity index (χ4n) is 1.56. The number of aliphatic hydroxyl groups is 1. The highest BCUT2D eigenvalue weighted by atomic mass is 32.2. The molecule has 0 saturated carbocycles. The van der Waals surface area contributed by atoms with Crippen molar-refractivity contribution in [3.05, 3.63) is 11.9 Å². The van der Waals surface area contributed by atoms with Crippen LogP contribution in [0.5, 0.6) is 0 Å². The minimum Gasteiger partial charge on any atom is -0.396 e. The Morgan fingerprint density at radius 2 is 1.84 bits per heavy atom. The Morgan fingerprint density at radius 1 is 1.16 bits per heavy atom. The molecular weight excluding hydrogens is 260 g/mol. The number of thioether (sulfide) groups is 1. The Bertz CT molecular complexity index is 362. The molecule has 0 amide bonds. The molecule has 0 fully saturated rings. The van der Waals surface area contributed by atoms with E-state index in [1.807, 2.05) is 18.7 Å². The summed E-state index contributed by atoms with van der Waals surface area (Å²) in [6.07, 6.45) is 3.53. The first-order valence-corrected chi connectivity index (χ1v) is 7.93. The van der Waals surface area contributed by atoms with Gasteiger partial charge in [0.2, 0.25) is 0 Å². The van der Waals surface area contributed by atoms with E-state index in [-0.39, 0.29) is 6.61 Å². The molecule has 19 heavy (non-hydrogen) atoms. The van der Waals surface area contributed by atoms with Crippen LogP contribution >= 0.6 is 11.8 Å². The molecule has 0 radical (unpaired) electrons. The lowest BCUT2D eigenvalue weighted by molar-refractivity contribution is 0.296. The van der Waals surface area contributed by atoms with Crippen LogP contribution in [0.4, 0.5) is 11.6 Å². The maximum atomic E-state index is 8.69. The van der Waals surface area contributed by atoms with Crippen LogP contribution in [0.1, 0.15) is 25.3 Å². The van der Waals surface area contributed by atoms with E-state index < -0.39 is 0 Å². The Hall–Kier alpha value is -1.01. The van der Waals surface area contributed by atoms with Crippen LogP contribution in [0.15, 0.2) is 6.33 Å². The average Bonchev–Trinajstić information content (AvgIpc) is 2.43. The van der Waals surface area contributed by atoms with Gasteiger partial charge in [-0.3, -0.25) is 0 Å². The predicted octanol–water partition coefficient (Wildman–Crippen LogP) is 2.13. The van der Waals surface area contributed by atoms with Crippen LogP contribution in [0.2, 0.25) is 0 Å². The number of anilines is 2. The van der Waals surface area contributed by atoms with E-state index in [1.165, 1.54) is 0 Å². The number of aromatic nitrogens is 2. The minimum atomic E-state index is 0.276. The second kappa shape index (κ2) is 9.86. The maximum Gasteiger partial charge on any atom is 0.134 e. The lowest BCUT2D eigenvalue weighted by Gasteiger charge is -2.12. The molecule has 108 valence electrons. The summed E-state index contributed by atoms with van der Waals surface area (Å²) in [5.41, 5.74) is 1.07. The highest BCUT2D eigenvalue weighted by Gasteiger charge is 2.05. The van der Waals surface area contributed by atoms with Crippen molar-refractivity contribution >= 4 is 23.4 Å². The number of hydrogen-bond acceptors (Lipinski definition) is 6. The van der Waals surface area contributed by atoms with Crippen molar-refractivity contribution in [2.24, 2.45) is 0 Å². The molecule has 0 aliphatic rings. The first kappa shape index (κ1) is 16.0. The van der Waals surface area contributed by atoms with E-state index in [4.69, 9.17) is 5.11 Å². The molecule has 0 aliphatic heterocycles. The van der Waals surface area contributed by atoms with Gasteiger partial charge >= 0.3 is 0 Å². The molecule has 0 saturated heterocycles. The summed E-state index contributed by atoms with van der Waals surface area (Å²) in [6, 6.07) is 0. The molecule has 1 aromatic rings. The predicted molar refractivity (Wildman–Crippen MR) is 83.1 cm³/mol. The third-order valence-corrected chi connectivity index (χ3v) is 3.68. The molecular formula is C13H24N4OS. The second-order valence-electron chi connectivity index (χ2n) is 4.24. The van der Waals surface area contributed by atoms with Crippen molar-refractivity contribution in [3.63, 3.8) is 0 Å². The van der Waals surface area contributed by atoms with E-state index in [1.54, 1.807) is 6.33 Å². The van der Waals surface area contributed by atoms with Crippen LogP contribution in [0.25, 0.3) is 0 Å². The van der Waals surface area contributed by atoms with E-state index in [9.17, 15) is 0 Å². The lowest BCUT2D eigenvalue weighted by Crippen LogP contribution is -2.11. The molecule has 1 rings (SSSR count). The van der Waals surface area contributed by atoms with E-state index in [0.29, 0.717) is 0 Å². The second-order valence-corrected chi connectivity index (χ2v) is 5.46. The van der Waals surface area contributed by atoms with Gasteiger partial charge in [-0.15, -0.1) is 0 Å². The number of rotatable bonds is 10. The average molecular weight is 284 g/mol. The third kappa shape index (κ3) is 6.11. The molecule has 6 heteroatoms. The summed E-state index contributed by atoms with van der Waals surface area (Å²) in [6.45, 7) is 6.24. The Morgan fingerprint density at radius 3 is 2.47 bits per heavy atom. The summed E-state index contributed by atoms with van der Waals surface area (Å²) in [5.74, 6) is 3.83. The summed E-state index contributed by atoms with van der Waals surface area (Å²) in [5, 5.41) is 15.3. The summed E-state index contributed by atoms with van der Waals surface area (Å²) >= 11 is 1.84. The van der Waals surface area contributed by atoms with Gasteiger partial charge in [0.25, 0.3) is 0 Å². The first-order valence-electron chi connectivity index (χ1n) is 6.77. The molecule has 0 atom stereocenters. The van der Waals surface area contributed by atoms with Crippen molar-refractivity contribution in [2.75, 3.05) is 41.8 Å². The van der Waals surface area contributed by atoms with Gasteiger partial charge < -0.3 is 15.7 Å². The quantitative estimate of drug-likeness (QED) is 0.572. The molecule has 1 aromatic heterocycles. The number of hydrogen-bond donors (Lipinski definition) is 3. The van der Waals surface area contributed by atoms with Crippen molar-refractivity contribution in [3.8, 4) is 0 Å². The van der Waals surface area contributed by atoms with Crippen molar-refractivity contribution in [1.29, 1.82) is 0 Å². The number of nitrogens with zero attached hydrogens (tertiary/aromatic N) is 2.